The molecule has 0 bridgehead atoms. The van der Waals surface area contributed by atoms with Crippen LogP contribution in [-0.4, -0.2) is 65.3 Å². The molecule has 7 heteroatoms. The number of carbonyl (C=O) groups excluding carboxylic acids is 1. The minimum atomic E-state index is -0.303. The smallest absolute Gasteiger partial charge is 0.229 e. The van der Waals surface area contributed by atoms with Crippen LogP contribution in [0.15, 0.2) is 35.9 Å². The van der Waals surface area contributed by atoms with Gasteiger partial charge in [-0.2, -0.15) is 0 Å². The third-order valence-electron chi connectivity index (χ3n) is 16.6. The lowest BCUT2D eigenvalue weighted by Gasteiger charge is -2.71. The number of hydrogen-bond acceptors (Lipinski definition) is 4. The number of aliphatic hydroxyl groups excluding tert-OH is 1. The molecule has 7 rings (SSSR count). The largest absolute Gasteiger partial charge is 0.497 e. The Morgan fingerprint density at radius 2 is 1.55 bits per heavy atom. The van der Waals surface area contributed by atoms with Gasteiger partial charge in [0.1, 0.15) is 5.75 Å². The zero-order chi connectivity index (χ0) is 35.1. The SMILES string of the molecule is COc1ccc(NC(=S)N2CCN(C(=O)[C@]34CC[C@@H](C)[C@H](C)[C@H]3C3=CC[C@@H]5[C@@]6(C)CC[C@H](O)C(C)(C)[C@@H]6CC[C@@]5(C)[C@]3(C)CC4)CC2)cc1. The predicted molar refractivity (Wildman–Crippen MR) is 202 cm³/mol. The standard InChI is InChI=1S/C42H63N3O3S/c1-27-15-20-42(36(47)44-23-25-45(26-24-44)37(49)43-29-9-11-30(48-8)12-10-29)22-21-40(6)31(35(42)28(27)2)13-14-33-39(5)18-17-34(46)38(3,4)32(39)16-19-41(33,40)7/h9-13,27-28,32-35,46H,14-26H2,1-8H3,(H,43,49)/t27-,28+,32+,33-,34+,35+,39+,40-,41-,42+/m1/s1. The fraction of sp³-hybridized carbons (Fsp3) is 0.762. The topological polar surface area (TPSA) is 65.0 Å². The van der Waals surface area contributed by atoms with Crippen LogP contribution in [0.3, 0.4) is 0 Å². The predicted octanol–water partition coefficient (Wildman–Crippen LogP) is 8.55. The maximum atomic E-state index is 15.1. The molecule has 1 aromatic rings. The molecule has 4 saturated carbocycles. The third-order valence-corrected chi connectivity index (χ3v) is 17.0. The van der Waals surface area contributed by atoms with Gasteiger partial charge in [-0.15, -0.1) is 0 Å². The number of amides is 1. The highest BCUT2D eigenvalue weighted by molar-refractivity contribution is 7.80. The monoisotopic (exact) mass is 689 g/mol. The molecular weight excluding hydrogens is 627 g/mol. The maximum Gasteiger partial charge on any atom is 0.229 e. The summed E-state index contributed by atoms with van der Waals surface area (Å²) in [6.07, 6.45) is 12.4. The summed E-state index contributed by atoms with van der Waals surface area (Å²) < 4.78 is 5.30. The van der Waals surface area contributed by atoms with Crippen molar-refractivity contribution in [2.24, 2.45) is 56.7 Å². The summed E-state index contributed by atoms with van der Waals surface area (Å²) in [5.74, 6) is 3.82. The zero-order valence-corrected chi connectivity index (χ0v) is 32.4. The van der Waals surface area contributed by atoms with E-state index in [0.29, 0.717) is 35.5 Å². The summed E-state index contributed by atoms with van der Waals surface area (Å²) >= 11 is 5.82. The number of nitrogens with zero attached hydrogens (tertiary/aromatic N) is 2. The van der Waals surface area contributed by atoms with Gasteiger partial charge >= 0.3 is 0 Å². The number of hydrogen-bond donors (Lipinski definition) is 2. The molecule has 49 heavy (non-hydrogen) atoms. The third kappa shape index (κ3) is 5.16. The van der Waals surface area contributed by atoms with Gasteiger partial charge in [-0.3, -0.25) is 4.79 Å². The number of rotatable bonds is 3. The lowest BCUT2D eigenvalue weighted by Crippen LogP contribution is -2.66. The molecule has 5 fully saturated rings. The number of fused-ring (bicyclic) bond motifs is 7. The molecule has 0 aromatic heterocycles. The van der Waals surface area contributed by atoms with E-state index in [1.165, 1.54) is 12.8 Å². The number of allylic oxidation sites excluding steroid dienone is 2. The molecule has 1 amide bonds. The first-order valence-electron chi connectivity index (χ1n) is 19.5. The summed E-state index contributed by atoms with van der Waals surface area (Å²) in [7, 11) is 1.67. The minimum absolute atomic E-state index is 0.0415. The molecule has 1 aromatic carbocycles. The van der Waals surface area contributed by atoms with E-state index in [2.05, 4.69) is 69.7 Å². The summed E-state index contributed by atoms with van der Waals surface area (Å²) in [5, 5.41) is 15.2. The van der Waals surface area contributed by atoms with Crippen molar-refractivity contribution in [3.8, 4) is 5.75 Å². The van der Waals surface area contributed by atoms with Gasteiger partial charge in [-0.25, -0.2) is 0 Å². The van der Waals surface area contributed by atoms with Gasteiger partial charge in [0.15, 0.2) is 5.11 Å². The molecule has 10 atom stereocenters. The van der Waals surface area contributed by atoms with Crippen molar-refractivity contribution < 1.29 is 14.6 Å². The first kappa shape index (κ1) is 35.3. The molecule has 2 N–H and O–H groups in total. The van der Waals surface area contributed by atoms with Gasteiger partial charge in [0.05, 0.1) is 18.6 Å². The fourth-order valence-electron chi connectivity index (χ4n) is 13.2. The number of thiocarbonyl (C=S) groups is 1. The van der Waals surface area contributed by atoms with Gasteiger partial charge < -0.3 is 25.0 Å². The van der Waals surface area contributed by atoms with Gasteiger partial charge in [0, 0.05) is 31.9 Å². The summed E-state index contributed by atoms with van der Waals surface area (Å²) in [6, 6.07) is 7.85. The van der Waals surface area contributed by atoms with Gasteiger partial charge in [0.2, 0.25) is 5.91 Å². The average molecular weight is 690 g/mol. The van der Waals surface area contributed by atoms with E-state index >= 15 is 4.79 Å². The van der Waals surface area contributed by atoms with Crippen LogP contribution in [0.4, 0.5) is 5.69 Å². The molecule has 5 aliphatic carbocycles. The first-order chi connectivity index (χ1) is 23.1. The van der Waals surface area contributed by atoms with Crippen molar-refractivity contribution in [1.82, 2.24) is 9.80 Å². The molecule has 0 radical (unpaired) electrons. The van der Waals surface area contributed by atoms with Crippen LogP contribution in [0.5, 0.6) is 5.75 Å². The number of piperazine rings is 1. The number of carbonyl (C=O) groups is 1. The van der Waals surface area contributed by atoms with E-state index in [-0.39, 0.29) is 33.2 Å². The van der Waals surface area contributed by atoms with E-state index in [4.69, 9.17) is 17.0 Å². The quantitative estimate of drug-likeness (QED) is 0.245. The molecule has 1 heterocycles. The second-order valence-corrected chi connectivity index (χ2v) is 19.0. The highest BCUT2D eigenvalue weighted by atomic mass is 32.1. The second kappa shape index (κ2) is 12.2. The molecule has 0 unspecified atom stereocenters. The molecular formula is C42H63N3O3S. The summed E-state index contributed by atoms with van der Waals surface area (Å²) in [5.41, 5.74) is 2.79. The van der Waals surface area contributed by atoms with Crippen LogP contribution < -0.4 is 10.1 Å². The fourth-order valence-corrected chi connectivity index (χ4v) is 13.5. The Labute approximate surface area is 301 Å². The van der Waals surface area contributed by atoms with E-state index < -0.39 is 0 Å². The Kier molecular flexibility index (Phi) is 8.82. The number of nitrogens with one attached hydrogen (secondary N) is 1. The number of benzene rings is 1. The lowest BCUT2D eigenvalue weighted by atomic mass is 9.33. The maximum absolute atomic E-state index is 15.1. The number of ether oxygens (including phenoxy) is 1. The summed E-state index contributed by atoms with van der Waals surface area (Å²) in [6.45, 7) is 20.4. The average Bonchev–Trinajstić information content (AvgIpc) is 3.08. The Bertz CT molecular complexity index is 1480. The van der Waals surface area contributed by atoms with Crippen LogP contribution in [0.2, 0.25) is 0 Å². The molecule has 0 spiro atoms. The molecule has 270 valence electrons. The van der Waals surface area contributed by atoms with Gasteiger partial charge in [-0.05, 0) is 146 Å². The van der Waals surface area contributed by atoms with Crippen molar-refractivity contribution in [2.75, 3.05) is 38.6 Å². The van der Waals surface area contributed by atoms with Crippen LogP contribution in [0.25, 0.3) is 0 Å². The number of anilines is 1. The second-order valence-electron chi connectivity index (χ2n) is 18.6. The van der Waals surface area contributed by atoms with E-state index in [9.17, 15) is 5.11 Å². The van der Waals surface area contributed by atoms with Crippen molar-refractivity contribution in [3.63, 3.8) is 0 Å². The van der Waals surface area contributed by atoms with Crippen LogP contribution in [-0.2, 0) is 4.79 Å². The molecule has 1 saturated heterocycles. The highest BCUT2D eigenvalue weighted by Gasteiger charge is 2.69. The Morgan fingerprint density at radius 3 is 2.22 bits per heavy atom. The van der Waals surface area contributed by atoms with Crippen LogP contribution in [0.1, 0.15) is 106 Å². The van der Waals surface area contributed by atoms with Crippen molar-refractivity contribution in [1.29, 1.82) is 0 Å². The molecule has 6 aliphatic rings. The van der Waals surface area contributed by atoms with Crippen LogP contribution in [0, 0.1) is 56.7 Å². The normalized spacial score (nSPS) is 42.8. The number of aliphatic hydroxyl groups is 1. The van der Waals surface area contributed by atoms with Gasteiger partial charge in [-0.1, -0.05) is 60.1 Å². The van der Waals surface area contributed by atoms with E-state index in [1.54, 1.807) is 12.7 Å². The Balaban J connectivity index is 1.13. The van der Waals surface area contributed by atoms with Gasteiger partial charge in [0.25, 0.3) is 0 Å². The van der Waals surface area contributed by atoms with E-state index in [0.717, 1.165) is 87.7 Å². The van der Waals surface area contributed by atoms with Crippen LogP contribution >= 0.6 is 12.2 Å². The zero-order valence-electron chi connectivity index (χ0n) is 31.6. The molecule has 6 nitrogen and oxygen atoms in total. The van der Waals surface area contributed by atoms with E-state index in [1.807, 2.05) is 24.3 Å². The summed E-state index contributed by atoms with van der Waals surface area (Å²) in [4.78, 5) is 19.5. The van der Waals surface area contributed by atoms with Crippen molar-refractivity contribution >= 4 is 28.9 Å². The Hall–Kier alpha value is -2.12. The van der Waals surface area contributed by atoms with Crippen molar-refractivity contribution in [2.45, 2.75) is 112 Å². The molecule has 1 aliphatic heterocycles. The lowest BCUT2D eigenvalue weighted by molar-refractivity contribution is -0.205. The first-order valence-corrected chi connectivity index (χ1v) is 19.9. The minimum Gasteiger partial charge on any atom is -0.497 e. The number of methoxy groups -OCH3 is 1. The highest BCUT2D eigenvalue weighted by Crippen LogP contribution is 2.75. The van der Waals surface area contributed by atoms with Crippen molar-refractivity contribution in [3.05, 3.63) is 35.9 Å². The Morgan fingerprint density at radius 1 is 0.878 bits per heavy atom.